The van der Waals surface area contributed by atoms with Gasteiger partial charge in [0.05, 0.1) is 11.6 Å². The first kappa shape index (κ1) is 8.03. The number of hydrogen-bond donors (Lipinski definition) is 0. The number of pyridine rings is 1. The average Bonchev–Trinajstić information content (AvgIpc) is 2.17. The molecule has 1 aromatic carbocycles. The highest BCUT2D eigenvalue weighted by atomic mass is 35.5. The second-order valence-corrected chi connectivity index (χ2v) is 2.98. The minimum absolute atomic E-state index is 0.384. The number of rotatable bonds is 0. The number of aromatic nitrogens is 1. The molecule has 0 aliphatic carbocycles. The number of benzene rings is 1. The lowest BCUT2D eigenvalue weighted by Crippen LogP contribution is -1.82. The summed E-state index contributed by atoms with van der Waals surface area (Å²) in [5.41, 5.74) is 0.565. The third-order valence-electron chi connectivity index (χ3n) is 1.87. The predicted molar refractivity (Wildman–Crippen MR) is 51.5 cm³/mol. The molecule has 13 heavy (non-hydrogen) atoms. The summed E-state index contributed by atoms with van der Waals surface area (Å²) in [6.45, 7) is 0. The van der Waals surface area contributed by atoms with Crippen molar-refractivity contribution in [2.24, 2.45) is 0 Å². The second kappa shape index (κ2) is 3.04. The van der Waals surface area contributed by atoms with E-state index in [-0.39, 0.29) is 0 Å². The Morgan fingerprint density at radius 2 is 2.15 bits per heavy atom. The summed E-state index contributed by atoms with van der Waals surface area (Å²) < 4.78 is 0. The minimum atomic E-state index is 0.384. The molecule has 0 bridgehead atoms. The molecule has 0 saturated heterocycles. The van der Waals surface area contributed by atoms with Gasteiger partial charge in [0.25, 0.3) is 0 Å². The van der Waals surface area contributed by atoms with Crippen LogP contribution in [0.15, 0.2) is 30.5 Å². The van der Waals surface area contributed by atoms with Gasteiger partial charge >= 0.3 is 0 Å². The molecule has 1 heterocycles. The zero-order valence-corrected chi connectivity index (χ0v) is 7.42. The van der Waals surface area contributed by atoms with Gasteiger partial charge in [0.1, 0.15) is 5.15 Å². The molecule has 0 amide bonds. The van der Waals surface area contributed by atoms with E-state index in [1.165, 1.54) is 0 Å². The molecular weight excluding hydrogens is 184 g/mol. The highest BCUT2D eigenvalue weighted by molar-refractivity contribution is 6.34. The number of halogens is 1. The molecule has 62 valence electrons. The fraction of sp³-hybridized carbons (Fsp3) is 0. The van der Waals surface area contributed by atoms with Gasteiger partial charge < -0.3 is 0 Å². The lowest BCUT2D eigenvalue weighted by Gasteiger charge is -1.99. The Balaban J connectivity index is 2.97. The van der Waals surface area contributed by atoms with Crippen LogP contribution in [-0.4, -0.2) is 4.98 Å². The van der Waals surface area contributed by atoms with Gasteiger partial charge in [-0.1, -0.05) is 23.7 Å². The van der Waals surface area contributed by atoms with Crippen LogP contribution in [-0.2, 0) is 0 Å². The molecule has 2 aromatic rings. The summed E-state index contributed by atoms with van der Waals surface area (Å²) >= 11 is 5.88. The monoisotopic (exact) mass is 188 g/mol. The van der Waals surface area contributed by atoms with Crippen molar-refractivity contribution in [3.63, 3.8) is 0 Å². The second-order valence-electron chi connectivity index (χ2n) is 2.62. The van der Waals surface area contributed by atoms with Crippen LogP contribution in [0.25, 0.3) is 10.8 Å². The van der Waals surface area contributed by atoms with Crippen LogP contribution < -0.4 is 0 Å². The number of fused-ring (bicyclic) bond motifs is 1. The molecule has 0 fully saturated rings. The fourth-order valence-electron chi connectivity index (χ4n) is 1.28. The molecule has 2 nitrogen and oxygen atoms in total. The van der Waals surface area contributed by atoms with Crippen LogP contribution in [0, 0.1) is 11.3 Å². The predicted octanol–water partition coefficient (Wildman–Crippen LogP) is 2.76. The molecule has 0 spiro atoms. The van der Waals surface area contributed by atoms with Crippen molar-refractivity contribution in [1.82, 2.24) is 4.98 Å². The van der Waals surface area contributed by atoms with Gasteiger partial charge in [0.2, 0.25) is 0 Å². The Morgan fingerprint density at radius 3 is 2.92 bits per heavy atom. The molecular formula is C10H5ClN2. The van der Waals surface area contributed by atoms with E-state index in [9.17, 15) is 0 Å². The first-order valence-electron chi connectivity index (χ1n) is 3.76. The summed E-state index contributed by atoms with van der Waals surface area (Å²) in [5.74, 6) is 0. The van der Waals surface area contributed by atoms with Crippen LogP contribution in [0.2, 0.25) is 5.15 Å². The van der Waals surface area contributed by atoms with E-state index in [4.69, 9.17) is 16.9 Å². The van der Waals surface area contributed by atoms with Gasteiger partial charge in [-0.15, -0.1) is 0 Å². The van der Waals surface area contributed by atoms with E-state index in [2.05, 4.69) is 11.1 Å². The topological polar surface area (TPSA) is 36.7 Å². The lowest BCUT2D eigenvalue weighted by molar-refractivity contribution is 1.36. The zero-order valence-electron chi connectivity index (χ0n) is 6.66. The highest BCUT2D eigenvalue weighted by Gasteiger charge is 2.03. The standard InChI is InChI=1S/C10H5ClN2/c11-10-9-7(4-5-13-10)2-1-3-8(9)6-12/h1-5H. The van der Waals surface area contributed by atoms with Gasteiger partial charge in [-0.3, -0.25) is 0 Å². The number of nitrogens with zero attached hydrogens (tertiary/aromatic N) is 2. The van der Waals surface area contributed by atoms with Crippen LogP contribution in [0.5, 0.6) is 0 Å². The van der Waals surface area contributed by atoms with Crippen molar-refractivity contribution >= 4 is 22.4 Å². The van der Waals surface area contributed by atoms with Crippen LogP contribution in [0.4, 0.5) is 0 Å². The Kier molecular flexibility index (Phi) is 1.88. The fourth-order valence-corrected chi connectivity index (χ4v) is 1.55. The van der Waals surface area contributed by atoms with Crippen LogP contribution >= 0.6 is 11.6 Å². The quantitative estimate of drug-likeness (QED) is 0.596. The molecule has 2 rings (SSSR count). The molecule has 0 radical (unpaired) electrons. The summed E-state index contributed by atoms with van der Waals surface area (Å²) in [6, 6.07) is 9.39. The Labute approximate surface area is 80.4 Å². The molecule has 3 heteroatoms. The largest absolute Gasteiger partial charge is 0.244 e. The van der Waals surface area contributed by atoms with Gasteiger partial charge in [0, 0.05) is 11.6 Å². The minimum Gasteiger partial charge on any atom is -0.244 e. The molecule has 0 saturated carbocycles. The van der Waals surface area contributed by atoms with Crippen molar-refractivity contribution in [2.45, 2.75) is 0 Å². The molecule has 0 N–H and O–H groups in total. The third kappa shape index (κ3) is 1.24. The summed E-state index contributed by atoms with van der Waals surface area (Å²) in [7, 11) is 0. The van der Waals surface area contributed by atoms with E-state index >= 15 is 0 Å². The Bertz CT molecular complexity index is 494. The van der Waals surface area contributed by atoms with Crippen LogP contribution in [0.3, 0.4) is 0 Å². The van der Waals surface area contributed by atoms with Crippen molar-refractivity contribution in [3.8, 4) is 6.07 Å². The summed E-state index contributed by atoms with van der Waals surface area (Å²) in [6.07, 6.45) is 1.63. The molecule has 0 atom stereocenters. The van der Waals surface area contributed by atoms with Gasteiger partial charge in [0.15, 0.2) is 0 Å². The maximum absolute atomic E-state index is 8.82. The van der Waals surface area contributed by atoms with E-state index in [1.807, 2.05) is 18.2 Å². The number of hydrogen-bond acceptors (Lipinski definition) is 2. The Morgan fingerprint density at radius 1 is 1.31 bits per heavy atom. The third-order valence-corrected chi connectivity index (χ3v) is 2.15. The lowest BCUT2D eigenvalue weighted by atomic mass is 10.1. The van der Waals surface area contributed by atoms with E-state index in [1.54, 1.807) is 12.3 Å². The molecule has 0 aliphatic rings. The SMILES string of the molecule is N#Cc1cccc2ccnc(Cl)c12. The smallest absolute Gasteiger partial charge is 0.138 e. The number of nitriles is 1. The Hall–Kier alpha value is -1.59. The summed E-state index contributed by atoms with van der Waals surface area (Å²) in [5, 5.41) is 10.9. The maximum atomic E-state index is 8.82. The highest BCUT2D eigenvalue weighted by Crippen LogP contribution is 2.23. The van der Waals surface area contributed by atoms with Crippen molar-refractivity contribution < 1.29 is 0 Å². The van der Waals surface area contributed by atoms with E-state index < -0.39 is 0 Å². The van der Waals surface area contributed by atoms with Crippen molar-refractivity contribution in [2.75, 3.05) is 0 Å². The van der Waals surface area contributed by atoms with Gasteiger partial charge in [-0.05, 0) is 17.5 Å². The molecule has 1 aromatic heterocycles. The first-order chi connectivity index (χ1) is 6.33. The van der Waals surface area contributed by atoms with Crippen molar-refractivity contribution in [1.29, 1.82) is 5.26 Å². The molecule has 0 unspecified atom stereocenters. The van der Waals surface area contributed by atoms with Gasteiger partial charge in [-0.2, -0.15) is 5.26 Å². The maximum Gasteiger partial charge on any atom is 0.138 e. The summed E-state index contributed by atoms with van der Waals surface area (Å²) in [4.78, 5) is 3.93. The van der Waals surface area contributed by atoms with E-state index in [0.29, 0.717) is 10.7 Å². The molecule has 0 aliphatic heterocycles. The van der Waals surface area contributed by atoms with Crippen molar-refractivity contribution in [3.05, 3.63) is 41.2 Å². The normalized spacial score (nSPS) is 9.85. The van der Waals surface area contributed by atoms with Crippen LogP contribution in [0.1, 0.15) is 5.56 Å². The van der Waals surface area contributed by atoms with Gasteiger partial charge in [-0.25, -0.2) is 4.98 Å². The zero-order chi connectivity index (χ0) is 9.26. The van der Waals surface area contributed by atoms with E-state index in [0.717, 1.165) is 10.8 Å². The average molecular weight is 189 g/mol. The first-order valence-corrected chi connectivity index (χ1v) is 4.14.